The molecule has 2 aromatic carbocycles. The van der Waals surface area contributed by atoms with E-state index in [0.717, 1.165) is 16.5 Å². The number of benzene rings is 2. The molecule has 128 valence electrons. The van der Waals surface area contributed by atoms with E-state index in [2.05, 4.69) is 14.7 Å². The van der Waals surface area contributed by atoms with E-state index < -0.39 is 6.61 Å². The van der Waals surface area contributed by atoms with E-state index in [0.29, 0.717) is 5.03 Å². The number of nitrogens with zero attached hydrogens (tertiary/aromatic N) is 2. The summed E-state index contributed by atoms with van der Waals surface area (Å²) in [6.07, 6.45) is 1.44. The van der Waals surface area contributed by atoms with Gasteiger partial charge in [-0.25, -0.2) is 9.97 Å². The van der Waals surface area contributed by atoms with Gasteiger partial charge in [-0.1, -0.05) is 41.6 Å². The number of alkyl halides is 2. The first-order valence-corrected chi connectivity index (χ1v) is 8.44. The van der Waals surface area contributed by atoms with E-state index in [9.17, 15) is 13.6 Å². The molecule has 0 saturated heterocycles. The number of Topliss-reactive ketones (excluding diaryl/α,β-unsaturated/α-hetero) is 1. The quantitative estimate of drug-likeness (QED) is 0.368. The largest absolute Gasteiger partial charge is 0.434 e. The van der Waals surface area contributed by atoms with E-state index in [1.54, 1.807) is 19.1 Å². The van der Waals surface area contributed by atoms with Crippen molar-refractivity contribution in [1.82, 2.24) is 9.97 Å². The van der Waals surface area contributed by atoms with Gasteiger partial charge < -0.3 is 4.74 Å². The number of aryl methyl sites for hydroxylation is 1. The third-order valence-corrected chi connectivity index (χ3v) is 4.50. The van der Waals surface area contributed by atoms with Crippen molar-refractivity contribution in [2.45, 2.75) is 18.6 Å². The monoisotopic (exact) mass is 360 g/mol. The third kappa shape index (κ3) is 4.11. The number of carbonyl (C=O) groups is 1. The molecule has 0 N–H and O–H groups in total. The zero-order valence-electron chi connectivity index (χ0n) is 13.3. The van der Waals surface area contributed by atoms with Crippen LogP contribution in [0.25, 0.3) is 10.9 Å². The van der Waals surface area contributed by atoms with Crippen LogP contribution in [0.1, 0.15) is 15.9 Å². The Hall–Kier alpha value is -2.54. The lowest BCUT2D eigenvalue weighted by Gasteiger charge is -2.11. The van der Waals surface area contributed by atoms with Crippen molar-refractivity contribution in [2.75, 3.05) is 5.75 Å². The van der Waals surface area contributed by atoms with Gasteiger partial charge in [0.25, 0.3) is 0 Å². The van der Waals surface area contributed by atoms with Gasteiger partial charge in [-0.15, -0.1) is 0 Å². The summed E-state index contributed by atoms with van der Waals surface area (Å²) in [5.74, 6) is -0.352. The summed E-state index contributed by atoms with van der Waals surface area (Å²) in [6.45, 7) is -1.19. The molecule has 4 nitrogen and oxygen atoms in total. The first-order valence-electron chi connectivity index (χ1n) is 7.46. The van der Waals surface area contributed by atoms with Crippen molar-refractivity contribution < 1.29 is 18.3 Å². The molecule has 3 rings (SSSR count). The Morgan fingerprint density at radius 2 is 2.00 bits per heavy atom. The fourth-order valence-electron chi connectivity index (χ4n) is 2.37. The Bertz CT molecular complexity index is 913. The summed E-state index contributed by atoms with van der Waals surface area (Å²) in [5.41, 5.74) is 1.72. The number of thioether (sulfide) groups is 1. The van der Waals surface area contributed by atoms with Crippen LogP contribution in [0.3, 0.4) is 0 Å². The van der Waals surface area contributed by atoms with Gasteiger partial charge in [0.1, 0.15) is 17.1 Å². The fraction of sp³-hybridized carbons (Fsp3) is 0.167. The highest BCUT2D eigenvalue weighted by Gasteiger charge is 2.17. The van der Waals surface area contributed by atoms with Gasteiger partial charge in [0.15, 0.2) is 5.78 Å². The number of halogens is 2. The second-order valence-corrected chi connectivity index (χ2v) is 6.25. The Morgan fingerprint density at radius 3 is 2.80 bits per heavy atom. The number of rotatable bonds is 6. The van der Waals surface area contributed by atoms with Crippen LogP contribution in [-0.4, -0.2) is 28.1 Å². The first kappa shape index (κ1) is 17.3. The molecule has 25 heavy (non-hydrogen) atoms. The maximum atomic E-state index is 12.5. The zero-order valence-corrected chi connectivity index (χ0v) is 14.1. The van der Waals surface area contributed by atoms with Crippen LogP contribution in [-0.2, 0) is 0 Å². The summed E-state index contributed by atoms with van der Waals surface area (Å²) < 4.78 is 29.5. The number of hydrogen-bond acceptors (Lipinski definition) is 5. The summed E-state index contributed by atoms with van der Waals surface area (Å²) in [5, 5.41) is 1.51. The predicted octanol–water partition coefficient (Wildman–Crippen LogP) is 4.51. The van der Waals surface area contributed by atoms with Gasteiger partial charge in [0, 0.05) is 5.39 Å². The highest BCUT2D eigenvalue weighted by Crippen LogP contribution is 2.28. The van der Waals surface area contributed by atoms with E-state index in [1.807, 2.05) is 24.3 Å². The van der Waals surface area contributed by atoms with Crippen LogP contribution in [0.5, 0.6) is 5.75 Å². The number of aromatic nitrogens is 2. The van der Waals surface area contributed by atoms with Gasteiger partial charge in [-0.05, 0) is 25.1 Å². The molecule has 0 spiro atoms. The molecular formula is C18H14F2N2O2S. The van der Waals surface area contributed by atoms with Crippen LogP contribution in [0.4, 0.5) is 8.78 Å². The molecule has 1 aromatic heterocycles. The van der Waals surface area contributed by atoms with E-state index in [4.69, 9.17) is 0 Å². The molecule has 7 heteroatoms. The Kier molecular flexibility index (Phi) is 5.23. The Balaban J connectivity index is 1.82. The van der Waals surface area contributed by atoms with E-state index >= 15 is 0 Å². The topological polar surface area (TPSA) is 52.1 Å². The lowest BCUT2D eigenvalue weighted by atomic mass is 10.1. The maximum Gasteiger partial charge on any atom is 0.387 e. The van der Waals surface area contributed by atoms with Crippen LogP contribution < -0.4 is 4.74 Å². The molecule has 0 fully saturated rings. The minimum atomic E-state index is -2.98. The number of ketones is 1. The van der Waals surface area contributed by atoms with Crippen LogP contribution >= 0.6 is 11.8 Å². The molecule has 0 aliphatic carbocycles. The van der Waals surface area contributed by atoms with Crippen molar-refractivity contribution in [3.05, 3.63) is 59.9 Å². The normalized spacial score (nSPS) is 11.0. The number of ether oxygens (including phenoxy) is 1. The van der Waals surface area contributed by atoms with Gasteiger partial charge in [0.05, 0.1) is 16.8 Å². The molecule has 0 atom stereocenters. The average molecular weight is 360 g/mol. The standard InChI is InChI=1S/C18H14F2N2O2S/c1-11-6-7-16(24-18(19)20)13(8-11)15(23)9-25-17-12-4-2-3-5-14(12)21-10-22-17/h2-8,10,18H,9H2,1H3. The molecule has 0 aliphatic rings. The zero-order chi connectivity index (χ0) is 17.8. The summed E-state index contributed by atoms with van der Waals surface area (Å²) in [6, 6.07) is 12.0. The van der Waals surface area contributed by atoms with Gasteiger partial charge >= 0.3 is 6.61 Å². The lowest BCUT2D eigenvalue weighted by Crippen LogP contribution is -2.10. The Morgan fingerprint density at radius 1 is 1.20 bits per heavy atom. The Labute approximate surface area is 147 Å². The first-order chi connectivity index (χ1) is 12.0. The van der Waals surface area contributed by atoms with Gasteiger partial charge in [-0.2, -0.15) is 8.78 Å². The van der Waals surface area contributed by atoms with Crippen molar-refractivity contribution in [3.63, 3.8) is 0 Å². The number of carbonyl (C=O) groups excluding carboxylic acids is 1. The molecule has 3 aromatic rings. The highest BCUT2D eigenvalue weighted by molar-refractivity contribution is 8.00. The van der Waals surface area contributed by atoms with Crippen molar-refractivity contribution >= 4 is 28.4 Å². The van der Waals surface area contributed by atoms with E-state index in [1.165, 1.54) is 24.2 Å². The van der Waals surface area contributed by atoms with Crippen LogP contribution in [0.2, 0.25) is 0 Å². The summed E-state index contributed by atoms with van der Waals surface area (Å²) in [7, 11) is 0. The van der Waals surface area contributed by atoms with Gasteiger partial charge in [0.2, 0.25) is 0 Å². The third-order valence-electron chi connectivity index (χ3n) is 3.50. The minimum absolute atomic E-state index is 0.0596. The minimum Gasteiger partial charge on any atom is -0.434 e. The number of hydrogen-bond donors (Lipinski definition) is 0. The SMILES string of the molecule is Cc1ccc(OC(F)F)c(C(=O)CSc2ncnc3ccccc23)c1. The van der Waals surface area contributed by atoms with Crippen molar-refractivity contribution in [1.29, 1.82) is 0 Å². The van der Waals surface area contributed by atoms with Crippen molar-refractivity contribution in [3.8, 4) is 5.75 Å². The van der Waals surface area contributed by atoms with E-state index in [-0.39, 0.29) is 22.8 Å². The van der Waals surface area contributed by atoms with Crippen LogP contribution in [0.15, 0.2) is 53.8 Å². The summed E-state index contributed by atoms with van der Waals surface area (Å²) >= 11 is 1.24. The fourth-order valence-corrected chi connectivity index (χ4v) is 3.24. The summed E-state index contributed by atoms with van der Waals surface area (Å²) in [4.78, 5) is 20.9. The second-order valence-electron chi connectivity index (χ2n) is 5.29. The molecule has 0 unspecified atom stereocenters. The van der Waals surface area contributed by atoms with Crippen molar-refractivity contribution in [2.24, 2.45) is 0 Å². The number of fused-ring (bicyclic) bond motifs is 1. The molecular weight excluding hydrogens is 346 g/mol. The smallest absolute Gasteiger partial charge is 0.387 e. The molecule has 0 saturated carbocycles. The molecule has 0 amide bonds. The molecule has 0 aliphatic heterocycles. The molecule has 0 bridgehead atoms. The van der Waals surface area contributed by atoms with Crippen LogP contribution in [0, 0.1) is 6.92 Å². The van der Waals surface area contributed by atoms with Gasteiger partial charge in [-0.3, -0.25) is 4.79 Å². The highest BCUT2D eigenvalue weighted by atomic mass is 32.2. The maximum absolute atomic E-state index is 12.5. The predicted molar refractivity (Wildman–Crippen MR) is 92.4 cm³/mol. The lowest BCUT2D eigenvalue weighted by molar-refractivity contribution is -0.0501. The average Bonchev–Trinajstić information content (AvgIpc) is 2.60. The molecule has 0 radical (unpaired) electrons. The molecule has 1 heterocycles. The second kappa shape index (κ2) is 7.57. The number of para-hydroxylation sites is 1.